The lowest BCUT2D eigenvalue weighted by Crippen LogP contribution is -2.38. The van der Waals surface area contributed by atoms with Crippen molar-refractivity contribution in [2.45, 2.75) is 38.8 Å². The number of likely N-dealkylation sites (N-methyl/N-ethyl adjacent to an activating group) is 1. The van der Waals surface area contributed by atoms with Gasteiger partial charge in [-0.15, -0.1) is 11.3 Å². The third kappa shape index (κ3) is 6.88. The Bertz CT molecular complexity index is 1060. The molecule has 180 valence electrons. The van der Waals surface area contributed by atoms with Crippen LogP contribution in [0.1, 0.15) is 44.3 Å². The molecule has 0 radical (unpaired) electrons. The zero-order valence-electron chi connectivity index (χ0n) is 20.0. The van der Waals surface area contributed by atoms with E-state index >= 15 is 0 Å². The number of aryl methyl sites for hydroxylation is 1. The van der Waals surface area contributed by atoms with Gasteiger partial charge in [-0.1, -0.05) is 42.5 Å². The second-order valence-corrected chi connectivity index (χ2v) is 9.77. The Kier molecular flexibility index (Phi) is 8.68. The van der Waals surface area contributed by atoms with Crippen LogP contribution in [0, 0.1) is 6.92 Å². The molecule has 1 fully saturated rings. The number of nitrogens with zero attached hydrogens (tertiary/aromatic N) is 2. The number of carbonyl (C=O) groups excluding carboxylic acids is 1. The highest BCUT2D eigenvalue weighted by atomic mass is 32.1. The minimum absolute atomic E-state index is 0.0845. The van der Waals surface area contributed by atoms with Crippen molar-refractivity contribution in [1.29, 1.82) is 0 Å². The molecule has 1 N–H and O–H groups in total. The molecular formula is C27H33N3O3S. The van der Waals surface area contributed by atoms with Gasteiger partial charge >= 0.3 is 0 Å². The van der Waals surface area contributed by atoms with Gasteiger partial charge in [0.15, 0.2) is 0 Å². The van der Waals surface area contributed by atoms with Crippen molar-refractivity contribution >= 4 is 17.2 Å². The molecule has 1 aromatic heterocycles. The number of thiazole rings is 1. The molecule has 34 heavy (non-hydrogen) atoms. The number of nitrogens with one attached hydrogen (secondary N) is 1. The normalized spacial score (nSPS) is 14.3. The summed E-state index contributed by atoms with van der Waals surface area (Å²) in [5.41, 5.74) is 2.98. The molecule has 6 nitrogen and oxygen atoms in total. The van der Waals surface area contributed by atoms with Gasteiger partial charge in [0.25, 0.3) is 5.91 Å². The Hall–Kier alpha value is -2.74. The van der Waals surface area contributed by atoms with Crippen molar-refractivity contribution < 1.29 is 14.3 Å². The summed E-state index contributed by atoms with van der Waals surface area (Å²) in [6, 6.07) is 18.7. The highest BCUT2D eigenvalue weighted by Crippen LogP contribution is 2.21. The van der Waals surface area contributed by atoms with Gasteiger partial charge in [-0.2, -0.15) is 0 Å². The molecule has 0 atom stereocenters. The summed E-state index contributed by atoms with van der Waals surface area (Å²) < 4.78 is 11.4. The molecule has 0 aliphatic carbocycles. The van der Waals surface area contributed by atoms with Crippen molar-refractivity contribution in [3.05, 3.63) is 81.3 Å². The van der Waals surface area contributed by atoms with Crippen LogP contribution in [0.2, 0.25) is 0 Å². The number of carbonyl (C=O) groups is 1. The van der Waals surface area contributed by atoms with Crippen LogP contribution in [0.4, 0.5) is 0 Å². The maximum absolute atomic E-state index is 12.8. The highest BCUT2D eigenvalue weighted by molar-refractivity contribution is 7.13. The van der Waals surface area contributed by atoms with E-state index in [4.69, 9.17) is 9.47 Å². The van der Waals surface area contributed by atoms with Crippen molar-refractivity contribution in [1.82, 2.24) is 15.2 Å². The summed E-state index contributed by atoms with van der Waals surface area (Å²) in [6.45, 7) is 5.54. The van der Waals surface area contributed by atoms with Crippen LogP contribution in [-0.4, -0.2) is 55.2 Å². The number of hydrogen-bond donors (Lipinski definition) is 1. The molecule has 3 aromatic rings. The monoisotopic (exact) mass is 479 g/mol. The summed E-state index contributed by atoms with van der Waals surface area (Å²) in [7, 11) is 2.15. The molecule has 1 amide bonds. The van der Waals surface area contributed by atoms with Crippen LogP contribution in [0.25, 0.3) is 0 Å². The SMILES string of the molecule is Cc1nc(Cc2ccccc2)sc1C(=O)NCc1cccc(OCCN(C)C2CCOCC2)c1. The molecule has 1 aliphatic heterocycles. The second kappa shape index (κ2) is 12.1. The molecule has 1 saturated heterocycles. The topological polar surface area (TPSA) is 63.7 Å². The fourth-order valence-corrected chi connectivity index (χ4v) is 5.15. The van der Waals surface area contributed by atoms with Crippen LogP contribution >= 0.6 is 11.3 Å². The van der Waals surface area contributed by atoms with Gasteiger partial charge in [-0.25, -0.2) is 4.98 Å². The maximum Gasteiger partial charge on any atom is 0.263 e. The minimum atomic E-state index is -0.0845. The molecular weight excluding hydrogens is 446 g/mol. The molecule has 0 bridgehead atoms. The van der Waals surface area contributed by atoms with Gasteiger partial charge in [0.2, 0.25) is 0 Å². The van der Waals surface area contributed by atoms with E-state index in [0.29, 0.717) is 24.1 Å². The van der Waals surface area contributed by atoms with Gasteiger partial charge in [-0.3, -0.25) is 9.69 Å². The van der Waals surface area contributed by atoms with Crippen molar-refractivity contribution in [2.24, 2.45) is 0 Å². The van der Waals surface area contributed by atoms with Gasteiger partial charge in [-0.05, 0) is 50.1 Å². The average Bonchev–Trinajstić information content (AvgIpc) is 3.23. The van der Waals surface area contributed by atoms with Gasteiger partial charge in [0, 0.05) is 38.8 Å². The lowest BCUT2D eigenvalue weighted by atomic mass is 10.1. The number of ether oxygens (including phenoxy) is 2. The maximum atomic E-state index is 12.8. The number of benzene rings is 2. The van der Waals surface area contributed by atoms with E-state index in [1.54, 1.807) is 0 Å². The third-order valence-corrected chi connectivity index (χ3v) is 7.28. The third-order valence-electron chi connectivity index (χ3n) is 6.12. The molecule has 2 heterocycles. The summed E-state index contributed by atoms with van der Waals surface area (Å²) in [4.78, 5) is 20.4. The zero-order chi connectivity index (χ0) is 23.8. The number of amides is 1. The lowest BCUT2D eigenvalue weighted by Gasteiger charge is -2.31. The van der Waals surface area contributed by atoms with Crippen molar-refractivity contribution in [3.63, 3.8) is 0 Å². The standard InChI is InChI=1S/C27H33N3O3S/c1-20-26(34-25(29-20)18-21-7-4-3-5-8-21)27(31)28-19-22-9-6-10-24(17-22)33-16-13-30(2)23-11-14-32-15-12-23/h3-10,17,23H,11-16,18-19H2,1-2H3,(H,28,31). The summed E-state index contributed by atoms with van der Waals surface area (Å²) >= 11 is 1.47. The van der Waals surface area contributed by atoms with E-state index in [0.717, 1.165) is 61.0 Å². The number of hydrogen-bond acceptors (Lipinski definition) is 6. The Balaban J connectivity index is 1.26. The fraction of sp³-hybridized carbons (Fsp3) is 0.407. The Labute approximate surface area is 205 Å². The van der Waals surface area contributed by atoms with E-state index in [-0.39, 0.29) is 5.91 Å². The Morgan fingerprint density at radius 1 is 1.15 bits per heavy atom. The molecule has 1 aliphatic rings. The van der Waals surface area contributed by atoms with Gasteiger partial charge in [0.1, 0.15) is 17.2 Å². The Morgan fingerprint density at radius 2 is 1.91 bits per heavy atom. The van der Waals surface area contributed by atoms with Gasteiger partial charge < -0.3 is 14.8 Å². The van der Waals surface area contributed by atoms with E-state index in [9.17, 15) is 4.79 Å². The van der Waals surface area contributed by atoms with Crippen LogP contribution < -0.4 is 10.1 Å². The van der Waals surface area contributed by atoms with E-state index in [1.165, 1.54) is 16.9 Å². The lowest BCUT2D eigenvalue weighted by molar-refractivity contribution is 0.0392. The fourth-order valence-electron chi connectivity index (χ4n) is 4.13. The molecule has 0 spiro atoms. The smallest absolute Gasteiger partial charge is 0.263 e. The number of rotatable bonds is 10. The number of aromatic nitrogens is 1. The van der Waals surface area contributed by atoms with E-state index < -0.39 is 0 Å². The van der Waals surface area contributed by atoms with Crippen molar-refractivity contribution in [3.8, 4) is 5.75 Å². The van der Waals surface area contributed by atoms with E-state index in [2.05, 4.69) is 34.4 Å². The van der Waals surface area contributed by atoms with Crippen LogP contribution in [-0.2, 0) is 17.7 Å². The summed E-state index contributed by atoms with van der Waals surface area (Å²) in [5, 5.41) is 3.99. The quantitative estimate of drug-likeness (QED) is 0.465. The first-order valence-electron chi connectivity index (χ1n) is 11.9. The first-order chi connectivity index (χ1) is 16.6. The molecule has 4 rings (SSSR count). The predicted octanol–water partition coefficient (Wildman–Crippen LogP) is 4.46. The van der Waals surface area contributed by atoms with Crippen molar-refractivity contribution in [2.75, 3.05) is 33.4 Å². The molecule has 2 aromatic carbocycles. The molecule has 7 heteroatoms. The predicted molar refractivity (Wildman–Crippen MR) is 136 cm³/mol. The average molecular weight is 480 g/mol. The first kappa shape index (κ1) is 24.4. The molecule has 0 saturated carbocycles. The summed E-state index contributed by atoms with van der Waals surface area (Å²) in [5.74, 6) is 0.741. The van der Waals surface area contributed by atoms with Crippen LogP contribution in [0.5, 0.6) is 5.75 Å². The zero-order valence-corrected chi connectivity index (χ0v) is 20.8. The van der Waals surface area contributed by atoms with Gasteiger partial charge in [0.05, 0.1) is 10.7 Å². The second-order valence-electron chi connectivity index (χ2n) is 8.69. The Morgan fingerprint density at radius 3 is 2.71 bits per heavy atom. The highest BCUT2D eigenvalue weighted by Gasteiger charge is 2.18. The van der Waals surface area contributed by atoms with Crippen LogP contribution in [0.15, 0.2) is 54.6 Å². The molecule has 0 unspecified atom stereocenters. The largest absolute Gasteiger partial charge is 0.492 e. The minimum Gasteiger partial charge on any atom is -0.492 e. The van der Waals surface area contributed by atoms with Crippen LogP contribution in [0.3, 0.4) is 0 Å². The summed E-state index contributed by atoms with van der Waals surface area (Å²) in [6.07, 6.45) is 2.90. The first-order valence-corrected chi connectivity index (χ1v) is 12.7. The van der Waals surface area contributed by atoms with E-state index in [1.807, 2.05) is 49.4 Å².